The molecule has 0 unspecified atom stereocenters. The number of carbonyl (C=O) groups excluding carboxylic acids is 1. The second-order valence-electron chi connectivity index (χ2n) is 6.25. The van der Waals surface area contributed by atoms with Crippen molar-refractivity contribution in [1.29, 1.82) is 0 Å². The van der Waals surface area contributed by atoms with Crippen molar-refractivity contribution in [3.8, 4) is 5.88 Å². The van der Waals surface area contributed by atoms with E-state index < -0.39 is 0 Å². The summed E-state index contributed by atoms with van der Waals surface area (Å²) in [5, 5.41) is 1.11. The second-order valence-corrected chi connectivity index (χ2v) is 7.61. The Morgan fingerprint density at radius 3 is 2.81 bits per heavy atom. The van der Waals surface area contributed by atoms with E-state index in [0.717, 1.165) is 23.9 Å². The highest BCUT2D eigenvalue weighted by Crippen LogP contribution is 2.24. The zero-order chi connectivity index (χ0) is 18.6. The van der Waals surface area contributed by atoms with E-state index in [4.69, 9.17) is 20.8 Å². The molecule has 1 fully saturated rings. The summed E-state index contributed by atoms with van der Waals surface area (Å²) >= 11 is 7.16. The summed E-state index contributed by atoms with van der Waals surface area (Å²) in [6, 6.07) is 11.1. The van der Waals surface area contributed by atoms with E-state index in [1.807, 2.05) is 29.2 Å². The number of carbonyl (C=O) groups is 1. The topological polar surface area (TPSA) is 68.5 Å². The van der Waals surface area contributed by atoms with Crippen LogP contribution in [0.5, 0.6) is 5.88 Å². The molecule has 3 aromatic rings. The number of piperidine rings is 1. The molecular weight excluding hydrogens is 386 g/mol. The Balaban J connectivity index is 1.25. The summed E-state index contributed by atoms with van der Waals surface area (Å²) in [5.41, 5.74) is 1.54. The fourth-order valence-electron chi connectivity index (χ4n) is 2.95. The van der Waals surface area contributed by atoms with Crippen molar-refractivity contribution in [2.45, 2.75) is 24.2 Å². The molecule has 1 saturated heterocycles. The van der Waals surface area contributed by atoms with Gasteiger partial charge in [0.15, 0.2) is 5.58 Å². The Hall–Kier alpha value is -2.25. The number of aromatic nitrogens is 2. The maximum absolute atomic E-state index is 12.5. The quantitative estimate of drug-likeness (QED) is 0.599. The molecular formula is C19H18ClN3O3S. The maximum Gasteiger partial charge on any atom is 0.257 e. The van der Waals surface area contributed by atoms with Crippen LogP contribution in [0.15, 0.2) is 52.2 Å². The van der Waals surface area contributed by atoms with Gasteiger partial charge in [-0.2, -0.15) is 0 Å². The molecule has 0 radical (unpaired) electrons. The van der Waals surface area contributed by atoms with Crippen molar-refractivity contribution in [2.75, 3.05) is 18.8 Å². The zero-order valence-electron chi connectivity index (χ0n) is 14.5. The van der Waals surface area contributed by atoms with Crippen LogP contribution in [0.25, 0.3) is 11.1 Å². The first kappa shape index (κ1) is 18.1. The molecule has 0 bridgehead atoms. The highest BCUT2D eigenvalue weighted by molar-refractivity contribution is 7.99. The Kier molecular flexibility index (Phi) is 5.50. The average molecular weight is 404 g/mol. The van der Waals surface area contributed by atoms with Crippen LogP contribution < -0.4 is 4.74 Å². The molecule has 1 aromatic carbocycles. The number of likely N-dealkylation sites (tertiary alicyclic amines) is 1. The molecule has 0 saturated carbocycles. The van der Waals surface area contributed by atoms with Gasteiger partial charge in [-0.25, -0.2) is 9.97 Å². The predicted octanol–water partition coefficient (Wildman–Crippen LogP) is 4.04. The average Bonchev–Trinajstić information content (AvgIpc) is 3.11. The van der Waals surface area contributed by atoms with Gasteiger partial charge in [0.1, 0.15) is 11.6 Å². The fraction of sp³-hybridized carbons (Fsp3) is 0.316. The number of halogens is 1. The lowest BCUT2D eigenvalue weighted by Gasteiger charge is -2.31. The van der Waals surface area contributed by atoms with Gasteiger partial charge < -0.3 is 14.1 Å². The zero-order valence-corrected chi connectivity index (χ0v) is 16.1. The van der Waals surface area contributed by atoms with Gasteiger partial charge in [0.2, 0.25) is 11.8 Å². The number of hydrogen-bond acceptors (Lipinski definition) is 6. The third-order valence-corrected chi connectivity index (χ3v) is 5.41. The molecule has 0 atom stereocenters. The molecule has 0 aliphatic carbocycles. The molecule has 140 valence electrons. The largest absolute Gasteiger partial charge is 0.474 e. The minimum Gasteiger partial charge on any atom is -0.474 e. The number of benzene rings is 1. The molecule has 8 heteroatoms. The van der Waals surface area contributed by atoms with E-state index in [1.54, 1.807) is 18.3 Å². The van der Waals surface area contributed by atoms with E-state index in [9.17, 15) is 4.79 Å². The van der Waals surface area contributed by atoms with Gasteiger partial charge in [0.25, 0.3) is 5.22 Å². The van der Waals surface area contributed by atoms with Crippen LogP contribution in [0, 0.1) is 0 Å². The van der Waals surface area contributed by atoms with Crippen molar-refractivity contribution in [1.82, 2.24) is 14.9 Å². The number of amides is 1. The Labute approximate surface area is 165 Å². The second kappa shape index (κ2) is 8.19. The van der Waals surface area contributed by atoms with Crippen LogP contribution in [0.4, 0.5) is 0 Å². The van der Waals surface area contributed by atoms with Gasteiger partial charge >= 0.3 is 0 Å². The SMILES string of the molecule is O=C(CSc1nc2ccccc2o1)N1CCC(Oc2ccc(Cl)cn2)CC1. The Bertz CT molecular complexity index is 890. The first-order valence-electron chi connectivity index (χ1n) is 8.72. The van der Waals surface area contributed by atoms with Crippen molar-refractivity contribution in [2.24, 2.45) is 0 Å². The first-order valence-corrected chi connectivity index (χ1v) is 10.1. The number of oxazole rings is 1. The van der Waals surface area contributed by atoms with Crippen molar-refractivity contribution in [3.05, 3.63) is 47.6 Å². The molecule has 4 rings (SSSR count). The predicted molar refractivity (Wildman–Crippen MR) is 104 cm³/mol. The van der Waals surface area contributed by atoms with Crippen LogP contribution in [-0.2, 0) is 4.79 Å². The van der Waals surface area contributed by atoms with Crippen molar-refractivity contribution >= 4 is 40.4 Å². The van der Waals surface area contributed by atoms with Gasteiger partial charge in [-0.3, -0.25) is 4.79 Å². The summed E-state index contributed by atoms with van der Waals surface area (Å²) in [6.07, 6.45) is 3.19. The van der Waals surface area contributed by atoms with Crippen LogP contribution in [0.2, 0.25) is 5.02 Å². The lowest BCUT2D eigenvalue weighted by atomic mass is 10.1. The fourth-order valence-corrected chi connectivity index (χ4v) is 3.81. The van der Waals surface area contributed by atoms with Crippen LogP contribution >= 0.6 is 23.4 Å². The standard InChI is InChI=1S/C19H18ClN3O3S/c20-13-5-6-17(21-11-13)25-14-7-9-23(10-8-14)18(24)12-27-19-22-15-3-1-2-4-16(15)26-19/h1-6,11,14H,7-10,12H2. The third-order valence-electron chi connectivity index (χ3n) is 4.38. The summed E-state index contributed by atoms with van der Waals surface area (Å²) in [6.45, 7) is 1.34. The van der Waals surface area contributed by atoms with Crippen LogP contribution in [0.3, 0.4) is 0 Å². The number of fused-ring (bicyclic) bond motifs is 1. The number of ether oxygens (including phenoxy) is 1. The van der Waals surface area contributed by atoms with Gasteiger partial charge in [0, 0.05) is 38.2 Å². The summed E-state index contributed by atoms with van der Waals surface area (Å²) in [7, 11) is 0. The molecule has 6 nitrogen and oxygen atoms in total. The molecule has 0 spiro atoms. The molecule has 3 heterocycles. The molecule has 1 aliphatic rings. The highest BCUT2D eigenvalue weighted by atomic mass is 35.5. The lowest BCUT2D eigenvalue weighted by Crippen LogP contribution is -2.42. The lowest BCUT2D eigenvalue weighted by molar-refractivity contribution is -0.130. The highest BCUT2D eigenvalue weighted by Gasteiger charge is 2.24. The van der Waals surface area contributed by atoms with Crippen LogP contribution in [0.1, 0.15) is 12.8 Å². The third kappa shape index (κ3) is 4.54. The van der Waals surface area contributed by atoms with E-state index in [1.165, 1.54) is 11.8 Å². The van der Waals surface area contributed by atoms with E-state index in [2.05, 4.69) is 9.97 Å². The number of hydrogen-bond donors (Lipinski definition) is 0. The van der Waals surface area contributed by atoms with Gasteiger partial charge in [-0.05, 0) is 18.2 Å². The summed E-state index contributed by atoms with van der Waals surface area (Å²) < 4.78 is 11.5. The summed E-state index contributed by atoms with van der Waals surface area (Å²) in [5.74, 6) is 0.970. The Morgan fingerprint density at radius 1 is 1.26 bits per heavy atom. The molecule has 1 amide bonds. The molecule has 0 N–H and O–H groups in total. The number of thioether (sulfide) groups is 1. The smallest absolute Gasteiger partial charge is 0.257 e. The number of rotatable bonds is 5. The van der Waals surface area contributed by atoms with Gasteiger partial charge in [0.05, 0.1) is 10.8 Å². The van der Waals surface area contributed by atoms with E-state index in [-0.39, 0.29) is 12.0 Å². The number of nitrogens with zero attached hydrogens (tertiary/aromatic N) is 3. The van der Waals surface area contributed by atoms with Crippen molar-refractivity contribution < 1.29 is 13.9 Å². The number of para-hydroxylation sites is 2. The van der Waals surface area contributed by atoms with E-state index in [0.29, 0.717) is 35.0 Å². The van der Waals surface area contributed by atoms with Crippen LogP contribution in [-0.4, -0.2) is 45.7 Å². The Morgan fingerprint density at radius 2 is 2.07 bits per heavy atom. The minimum atomic E-state index is 0.0624. The normalized spacial score (nSPS) is 15.2. The van der Waals surface area contributed by atoms with E-state index >= 15 is 0 Å². The van der Waals surface area contributed by atoms with Gasteiger partial charge in [-0.1, -0.05) is 35.5 Å². The minimum absolute atomic E-state index is 0.0624. The van der Waals surface area contributed by atoms with Crippen molar-refractivity contribution in [3.63, 3.8) is 0 Å². The summed E-state index contributed by atoms with van der Waals surface area (Å²) in [4.78, 5) is 22.9. The maximum atomic E-state index is 12.5. The monoisotopic (exact) mass is 403 g/mol. The molecule has 27 heavy (non-hydrogen) atoms. The molecule has 2 aromatic heterocycles. The number of pyridine rings is 1. The molecule has 1 aliphatic heterocycles. The first-order chi connectivity index (χ1) is 13.2. The van der Waals surface area contributed by atoms with Gasteiger partial charge in [-0.15, -0.1) is 0 Å².